The van der Waals surface area contributed by atoms with E-state index in [1.165, 1.54) is 12.1 Å². The first-order valence-corrected chi connectivity index (χ1v) is 10.3. The Balaban J connectivity index is 0.00000341. The number of hydrogen-bond donors (Lipinski definition) is 2. The molecule has 1 aliphatic heterocycles. The van der Waals surface area contributed by atoms with Crippen LogP contribution in [0, 0.1) is 10.1 Å². The zero-order valence-electron chi connectivity index (χ0n) is 17.1. The molecule has 0 amide bonds. The van der Waals surface area contributed by atoms with E-state index >= 15 is 0 Å². The Bertz CT molecular complexity index is 860. The third kappa shape index (κ3) is 8.60. The summed E-state index contributed by atoms with van der Waals surface area (Å²) in [5, 5.41) is 18.2. The van der Waals surface area contributed by atoms with Crippen LogP contribution in [-0.4, -0.2) is 55.2 Å². The van der Waals surface area contributed by atoms with Crippen molar-refractivity contribution in [2.75, 3.05) is 39.4 Å². The van der Waals surface area contributed by atoms with Crippen LogP contribution in [0.3, 0.4) is 0 Å². The van der Waals surface area contributed by atoms with Crippen molar-refractivity contribution < 1.29 is 9.66 Å². The van der Waals surface area contributed by atoms with Crippen molar-refractivity contribution in [3.63, 3.8) is 0 Å². The van der Waals surface area contributed by atoms with Gasteiger partial charge in [0.05, 0.1) is 24.7 Å². The van der Waals surface area contributed by atoms with Crippen LogP contribution in [0.5, 0.6) is 0 Å². The molecule has 1 fully saturated rings. The van der Waals surface area contributed by atoms with E-state index in [-0.39, 0.29) is 29.7 Å². The van der Waals surface area contributed by atoms with E-state index in [0.29, 0.717) is 24.1 Å². The highest BCUT2D eigenvalue weighted by molar-refractivity contribution is 14.0. The minimum Gasteiger partial charge on any atom is -0.379 e. The van der Waals surface area contributed by atoms with E-state index in [9.17, 15) is 10.1 Å². The van der Waals surface area contributed by atoms with Gasteiger partial charge >= 0.3 is 0 Å². The third-order valence-corrected chi connectivity index (χ3v) is 5.16. The van der Waals surface area contributed by atoms with Crippen molar-refractivity contribution >= 4 is 47.2 Å². The molecule has 8 nitrogen and oxygen atoms in total. The lowest BCUT2D eigenvalue weighted by molar-refractivity contribution is -0.384. The molecule has 1 heterocycles. The molecular weight excluding hydrogens is 533 g/mol. The first kappa shape index (κ1) is 25.3. The molecule has 0 bridgehead atoms. The number of rotatable bonds is 8. The number of ether oxygens (including phenoxy) is 1. The third-order valence-electron chi connectivity index (χ3n) is 4.80. The standard InChI is InChI=1S/C21H26ClN5O3.HI/c22-20-4-2-1-3-18(20)16-25-21(23-9-10-26-11-13-30-14-12-26)24-15-17-5-7-19(8-6-17)27(28)29;/h1-8H,9-16H2,(H2,23,24,25);1H. The van der Waals surface area contributed by atoms with Gasteiger partial charge in [-0.1, -0.05) is 41.9 Å². The van der Waals surface area contributed by atoms with Crippen molar-refractivity contribution in [1.82, 2.24) is 15.5 Å². The molecule has 0 aliphatic carbocycles. The fourth-order valence-electron chi connectivity index (χ4n) is 3.05. The Morgan fingerprint density at radius 1 is 1.13 bits per heavy atom. The predicted octanol–water partition coefficient (Wildman–Crippen LogP) is 3.43. The van der Waals surface area contributed by atoms with Crippen molar-refractivity contribution in [3.05, 3.63) is 74.8 Å². The van der Waals surface area contributed by atoms with Crippen molar-refractivity contribution in [2.45, 2.75) is 13.1 Å². The minimum absolute atomic E-state index is 0. The Kier molecular flexibility index (Phi) is 11.0. The number of nitrogens with one attached hydrogen (secondary N) is 2. The van der Waals surface area contributed by atoms with E-state index in [4.69, 9.17) is 16.3 Å². The maximum absolute atomic E-state index is 10.8. The van der Waals surface area contributed by atoms with Crippen molar-refractivity contribution in [2.24, 2.45) is 4.99 Å². The molecule has 0 radical (unpaired) electrons. The number of nitrogens with zero attached hydrogens (tertiary/aromatic N) is 3. The van der Waals surface area contributed by atoms with E-state index in [0.717, 1.165) is 50.5 Å². The van der Waals surface area contributed by atoms with Crippen LogP contribution in [0.2, 0.25) is 5.02 Å². The molecule has 31 heavy (non-hydrogen) atoms. The molecule has 168 valence electrons. The zero-order chi connectivity index (χ0) is 21.2. The van der Waals surface area contributed by atoms with Gasteiger partial charge in [-0.2, -0.15) is 0 Å². The maximum atomic E-state index is 10.8. The number of non-ortho nitro benzene ring substituents is 1. The summed E-state index contributed by atoms with van der Waals surface area (Å²) in [6.45, 7) is 6.00. The zero-order valence-corrected chi connectivity index (χ0v) is 20.2. The lowest BCUT2D eigenvalue weighted by atomic mass is 10.2. The number of morpholine rings is 1. The van der Waals surface area contributed by atoms with E-state index in [1.54, 1.807) is 12.1 Å². The SMILES string of the molecule is I.O=[N+]([O-])c1ccc(CN=C(NCCN2CCOCC2)NCc2ccccc2Cl)cc1. The summed E-state index contributed by atoms with van der Waals surface area (Å²) >= 11 is 6.25. The monoisotopic (exact) mass is 559 g/mol. The number of nitro benzene ring substituents is 1. The molecule has 3 rings (SSSR count). The Hall–Kier alpha value is -1.95. The molecule has 2 N–H and O–H groups in total. The van der Waals surface area contributed by atoms with Crippen LogP contribution in [0.25, 0.3) is 0 Å². The van der Waals surface area contributed by atoms with Gasteiger partial charge < -0.3 is 15.4 Å². The molecule has 0 aromatic heterocycles. The van der Waals surface area contributed by atoms with E-state index in [1.807, 2.05) is 24.3 Å². The van der Waals surface area contributed by atoms with Crippen molar-refractivity contribution in [1.29, 1.82) is 0 Å². The molecule has 10 heteroatoms. The average Bonchev–Trinajstić information content (AvgIpc) is 2.77. The second-order valence-corrected chi connectivity index (χ2v) is 7.32. The first-order valence-electron chi connectivity index (χ1n) is 9.91. The second kappa shape index (κ2) is 13.5. The highest BCUT2D eigenvalue weighted by atomic mass is 127. The summed E-state index contributed by atoms with van der Waals surface area (Å²) in [5.74, 6) is 0.668. The van der Waals surface area contributed by atoms with E-state index in [2.05, 4.69) is 20.5 Å². The molecule has 0 atom stereocenters. The number of guanidine groups is 1. The Morgan fingerprint density at radius 2 is 1.84 bits per heavy atom. The normalized spacial score (nSPS) is 14.5. The summed E-state index contributed by atoms with van der Waals surface area (Å²) in [6, 6.07) is 14.1. The van der Waals surface area contributed by atoms with Gasteiger partial charge in [-0.15, -0.1) is 24.0 Å². The molecule has 2 aromatic rings. The average molecular weight is 560 g/mol. The van der Waals surface area contributed by atoms with Gasteiger partial charge in [-0.25, -0.2) is 4.99 Å². The molecule has 1 aliphatic rings. The topological polar surface area (TPSA) is 92.0 Å². The quantitative estimate of drug-likeness (QED) is 0.169. The van der Waals surface area contributed by atoms with Gasteiger partial charge in [0.2, 0.25) is 0 Å². The number of benzene rings is 2. The van der Waals surface area contributed by atoms with Gasteiger partial charge in [-0.3, -0.25) is 15.0 Å². The molecule has 0 unspecified atom stereocenters. The largest absolute Gasteiger partial charge is 0.379 e. The molecule has 0 spiro atoms. The molecule has 2 aromatic carbocycles. The second-order valence-electron chi connectivity index (χ2n) is 6.91. The lowest BCUT2D eigenvalue weighted by Gasteiger charge is -2.26. The summed E-state index contributed by atoms with van der Waals surface area (Å²) in [4.78, 5) is 17.4. The fourth-order valence-corrected chi connectivity index (χ4v) is 3.25. The Labute approximate surface area is 204 Å². The highest BCUT2D eigenvalue weighted by Gasteiger charge is 2.10. The van der Waals surface area contributed by atoms with Crippen LogP contribution in [0.15, 0.2) is 53.5 Å². The van der Waals surface area contributed by atoms with Crippen LogP contribution in [0.1, 0.15) is 11.1 Å². The summed E-state index contributed by atoms with van der Waals surface area (Å²) in [5.41, 5.74) is 1.95. The van der Waals surface area contributed by atoms with Crippen LogP contribution in [-0.2, 0) is 17.8 Å². The molecule has 1 saturated heterocycles. The van der Waals surface area contributed by atoms with Crippen LogP contribution < -0.4 is 10.6 Å². The minimum atomic E-state index is -0.406. The number of aliphatic imine (C=N–C) groups is 1. The van der Waals surface area contributed by atoms with Gasteiger partial charge in [0.25, 0.3) is 5.69 Å². The number of nitro groups is 1. The van der Waals surface area contributed by atoms with Crippen molar-refractivity contribution in [3.8, 4) is 0 Å². The molecule has 0 saturated carbocycles. The maximum Gasteiger partial charge on any atom is 0.269 e. The van der Waals surface area contributed by atoms with Crippen LogP contribution in [0.4, 0.5) is 5.69 Å². The summed E-state index contributed by atoms with van der Waals surface area (Å²) < 4.78 is 5.38. The van der Waals surface area contributed by atoms with Gasteiger partial charge in [0.15, 0.2) is 5.96 Å². The van der Waals surface area contributed by atoms with Gasteiger partial charge in [-0.05, 0) is 17.2 Å². The van der Waals surface area contributed by atoms with Gasteiger partial charge in [0, 0.05) is 49.9 Å². The summed E-state index contributed by atoms with van der Waals surface area (Å²) in [7, 11) is 0. The van der Waals surface area contributed by atoms with E-state index < -0.39 is 4.92 Å². The van der Waals surface area contributed by atoms with Gasteiger partial charge in [0.1, 0.15) is 0 Å². The summed E-state index contributed by atoms with van der Waals surface area (Å²) in [6.07, 6.45) is 0. The smallest absolute Gasteiger partial charge is 0.269 e. The molecular formula is C21H27ClIN5O3. The predicted molar refractivity (Wildman–Crippen MR) is 133 cm³/mol. The highest BCUT2D eigenvalue weighted by Crippen LogP contribution is 2.14. The number of halogens is 2. The van der Waals surface area contributed by atoms with Crippen LogP contribution >= 0.6 is 35.6 Å². The number of hydrogen-bond acceptors (Lipinski definition) is 5. The fraction of sp³-hybridized carbons (Fsp3) is 0.381. The first-order chi connectivity index (χ1) is 14.6. The lowest BCUT2D eigenvalue weighted by Crippen LogP contribution is -2.44. The Morgan fingerprint density at radius 3 is 2.52 bits per heavy atom.